The predicted octanol–water partition coefficient (Wildman–Crippen LogP) is 3.70. The van der Waals surface area contributed by atoms with E-state index < -0.39 is 0 Å². The standard InChI is InChI=1S/C21H30N4O2S.C3H7NO.C2H3N/c1-4-22-21(27)19(28-5-2)13-16(3)23-17-9-8-10-18(14-17)24-20(26)15-25-11-6-7-12-25;1-2-4-3-5;1-2-3/h5,8-10,13-14,16,23H,2,4,6-7,11-12,15H2,1,3H3,(H,22,27)(H,24,26);3H,2H2,1H3,(H,4,5);1H3. The number of nitrogens with one attached hydrogen (secondary N) is 4. The predicted molar refractivity (Wildman–Crippen MR) is 149 cm³/mol. The monoisotopic (exact) mass is 516 g/mol. The Kier molecular flexibility index (Phi) is 19.1. The van der Waals surface area contributed by atoms with Crippen molar-refractivity contribution in [3.63, 3.8) is 0 Å². The first kappa shape index (κ1) is 32.7. The molecule has 1 aromatic carbocycles. The largest absolute Gasteiger partial charge is 0.379 e. The number of likely N-dealkylation sites (tertiary alicyclic amines) is 1. The molecule has 1 atom stereocenters. The van der Waals surface area contributed by atoms with Crippen molar-refractivity contribution in [3.8, 4) is 6.07 Å². The van der Waals surface area contributed by atoms with E-state index >= 15 is 0 Å². The molecular formula is C26H40N6O3S. The molecule has 1 heterocycles. The third kappa shape index (κ3) is 15.6. The van der Waals surface area contributed by atoms with Crippen molar-refractivity contribution in [2.75, 3.05) is 43.4 Å². The van der Waals surface area contributed by atoms with Crippen LogP contribution in [0.2, 0.25) is 0 Å². The molecule has 0 spiro atoms. The number of nitrogens with zero attached hydrogens (tertiary/aromatic N) is 2. The van der Waals surface area contributed by atoms with E-state index in [0.717, 1.165) is 31.0 Å². The minimum atomic E-state index is -0.107. The van der Waals surface area contributed by atoms with Gasteiger partial charge in [0, 0.05) is 37.4 Å². The Balaban J connectivity index is 0.00000134. The van der Waals surface area contributed by atoms with Crippen molar-refractivity contribution in [1.29, 1.82) is 5.26 Å². The quantitative estimate of drug-likeness (QED) is 0.246. The van der Waals surface area contributed by atoms with Gasteiger partial charge >= 0.3 is 0 Å². The highest BCUT2D eigenvalue weighted by Gasteiger charge is 2.15. The molecule has 0 bridgehead atoms. The zero-order valence-electron chi connectivity index (χ0n) is 21.8. The van der Waals surface area contributed by atoms with Gasteiger partial charge in [-0.05, 0) is 76.4 Å². The summed E-state index contributed by atoms with van der Waals surface area (Å²) in [5.74, 6) is -0.100. The third-order valence-electron chi connectivity index (χ3n) is 4.57. The van der Waals surface area contributed by atoms with Gasteiger partial charge in [0.1, 0.15) is 0 Å². The van der Waals surface area contributed by atoms with E-state index in [-0.39, 0.29) is 17.9 Å². The van der Waals surface area contributed by atoms with Gasteiger partial charge in [-0.3, -0.25) is 19.3 Å². The molecule has 0 aliphatic carbocycles. The normalized spacial score (nSPS) is 13.4. The van der Waals surface area contributed by atoms with Crippen LogP contribution in [0.15, 0.2) is 47.2 Å². The number of amides is 3. The van der Waals surface area contributed by atoms with Crippen LogP contribution in [0.3, 0.4) is 0 Å². The van der Waals surface area contributed by atoms with Crippen molar-refractivity contribution in [2.24, 2.45) is 0 Å². The summed E-state index contributed by atoms with van der Waals surface area (Å²) in [4.78, 5) is 36.4. The van der Waals surface area contributed by atoms with Crippen LogP contribution in [-0.4, -0.2) is 61.9 Å². The summed E-state index contributed by atoms with van der Waals surface area (Å²) in [6.45, 7) is 14.6. The average Bonchev–Trinajstić information content (AvgIpc) is 3.33. The van der Waals surface area contributed by atoms with Crippen LogP contribution in [0.25, 0.3) is 0 Å². The maximum Gasteiger partial charge on any atom is 0.257 e. The fourth-order valence-corrected chi connectivity index (χ4v) is 3.79. The van der Waals surface area contributed by atoms with Crippen molar-refractivity contribution in [3.05, 3.63) is 47.2 Å². The minimum Gasteiger partial charge on any atom is -0.379 e. The number of nitriles is 1. The molecular weight excluding hydrogens is 476 g/mol. The Labute approximate surface area is 219 Å². The molecule has 0 aromatic heterocycles. The Hall–Kier alpha value is -3.29. The van der Waals surface area contributed by atoms with Crippen LogP contribution < -0.4 is 21.3 Å². The highest BCUT2D eigenvalue weighted by molar-refractivity contribution is 8.06. The molecule has 0 saturated carbocycles. The van der Waals surface area contributed by atoms with Gasteiger partial charge < -0.3 is 21.3 Å². The van der Waals surface area contributed by atoms with E-state index in [4.69, 9.17) is 5.26 Å². The van der Waals surface area contributed by atoms with E-state index in [0.29, 0.717) is 24.4 Å². The van der Waals surface area contributed by atoms with Gasteiger partial charge in [0.15, 0.2) is 0 Å². The highest BCUT2D eigenvalue weighted by atomic mass is 32.2. The van der Waals surface area contributed by atoms with E-state index in [1.54, 1.807) is 11.5 Å². The van der Waals surface area contributed by atoms with Crippen LogP contribution in [0.5, 0.6) is 0 Å². The van der Waals surface area contributed by atoms with Crippen LogP contribution in [-0.2, 0) is 14.4 Å². The molecule has 4 N–H and O–H groups in total. The van der Waals surface area contributed by atoms with E-state index in [1.807, 2.05) is 51.1 Å². The first-order valence-electron chi connectivity index (χ1n) is 12.0. The van der Waals surface area contributed by atoms with Crippen molar-refractivity contribution < 1.29 is 14.4 Å². The Bertz CT molecular complexity index is 879. The summed E-state index contributed by atoms with van der Waals surface area (Å²) in [5.41, 5.74) is 1.64. The lowest BCUT2D eigenvalue weighted by Crippen LogP contribution is -2.30. The second-order valence-corrected chi connectivity index (χ2v) is 8.63. The van der Waals surface area contributed by atoms with Gasteiger partial charge in [-0.2, -0.15) is 5.26 Å². The number of carbonyl (C=O) groups excluding carboxylic acids is 3. The second-order valence-electron chi connectivity index (χ2n) is 7.62. The van der Waals surface area contributed by atoms with Gasteiger partial charge in [0.2, 0.25) is 12.3 Å². The summed E-state index contributed by atoms with van der Waals surface area (Å²) in [6, 6.07) is 9.29. The van der Waals surface area contributed by atoms with E-state index in [9.17, 15) is 14.4 Å². The molecule has 1 saturated heterocycles. The Morgan fingerprint density at radius 3 is 2.39 bits per heavy atom. The van der Waals surface area contributed by atoms with Gasteiger partial charge in [-0.1, -0.05) is 24.4 Å². The number of rotatable bonds is 12. The molecule has 9 nitrogen and oxygen atoms in total. The maximum atomic E-state index is 12.2. The maximum absolute atomic E-state index is 12.2. The van der Waals surface area contributed by atoms with Gasteiger partial charge in [0.05, 0.1) is 17.5 Å². The van der Waals surface area contributed by atoms with Crippen LogP contribution in [0.4, 0.5) is 11.4 Å². The molecule has 2 rings (SSSR count). The number of carbonyl (C=O) groups is 3. The van der Waals surface area contributed by atoms with Gasteiger partial charge in [-0.25, -0.2) is 0 Å². The number of benzene rings is 1. The van der Waals surface area contributed by atoms with E-state index in [1.165, 1.54) is 31.5 Å². The first-order chi connectivity index (χ1) is 17.3. The Morgan fingerprint density at radius 1 is 1.22 bits per heavy atom. The van der Waals surface area contributed by atoms with Crippen LogP contribution in [0, 0.1) is 11.3 Å². The lowest BCUT2D eigenvalue weighted by Gasteiger charge is -2.16. The first-order valence-corrected chi connectivity index (χ1v) is 12.9. The summed E-state index contributed by atoms with van der Waals surface area (Å²) in [7, 11) is 0. The molecule has 3 amide bonds. The number of anilines is 2. The fourth-order valence-electron chi connectivity index (χ4n) is 3.15. The smallest absolute Gasteiger partial charge is 0.257 e. The molecule has 198 valence electrons. The number of thioether (sulfide) groups is 1. The highest BCUT2D eigenvalue weighted by Crippen LogP contribution is 2.20. The summed E-state index contributed by atoms with van der Waals surface area (Å²) in [6.07, 6.45) is 4.89. The van der Waals surface area contributed by atoms with Crippen LogP contribution >= 0.6 is 11.8 Å². The molecule has 1 aliphatic heterocycles. The van der Waals surface area contributed by atoms with Crippen LogP contribution in [0.1, 0.15) is 40.5 Å². The lowest BCUT2D eigenvalue weighted by atomic mass is 10.2. The third-order valence-corrected chi connectivity index (χ3v) is 5.31. The van der Waals surface area contributed by atoms with E-state index in [2.05, 4.69) is 32.7 Å². The van der Waals surface area contributed by atoms with Gasteiger partial charge in [0.25, 0.3) is 5.91 Å². The molecule has 1 aliphatic rings. The summed E-state index contributed by atoms with van der Waals surface area (Å²) < 4.78 is 0. The Morgan fingerprint density at radius 2 is 1.86 bits per heavy atom. The lowest BCUT2D eigenvalue weighted by molar-refractivity contribution is -0.117. The van der Waals surface area contributed by atoms with Crippen molar-refractivity contribution in [1.82, 2.24) is 15.5 Å². The molecule has 1 fully saturated rings. The second kappa shape index (κ2) is 21.0. The SMILES string of the molecule is C=CSC(=CC(C)Nc1cccc(NC(=O)CN2CCCC2)c1)C(=O)NCC.CC#N.CCNC=O. The topological polar surface area (TPSA) is 126 Å². The molecule has 10 heteroatoms. The van der Waals surface area contributed by atoms with Gasteiger partial charge in [-0.15, -0.1) is 0 Å². The zero-order valence-corrected chi connectivity index (χ0v) is 22.6. The fraction of sp³-hybridized carbons (Fsp3) is 0.462. The van der Waals surface area contributed by atoms with Crippen molar-refractivity contribution in [2.45, 2.75) is 46.6 Å². The average molecular weight is 517 g/mol. The summed E-state index contributed by atoms with van der Waals surface area (Å²) >= 11 is 1.30. The molecule has 0 radical (unpaired) electrons. The minimum absolute atomic E-state index is 0.00732. The number of hydrogen-bond donors (Lipinski definition) is 4. The van der Waals surface area contributed by atoms with Crippen molar-refractivity contribution >= 4 is 41.4 Å². The zero-order chi connectivity index (χ0) is 27.2. The molecule has 1 aromatic rings. The molecule has 1 unspecified atom stereocenters. The number of likely N-dealkylation sites (N-methyl/N-ethyl adjacent to an activating group) is 1. The summed E-state index contributed by atoms with van der Waals surface area (Å²) in [5, 5.41) is 20.5. The number of hydrogen-bond acceptors (Lipinski definition) is 7. The molecule has 36 heavy (non-hydrogen) atoms.